The molecule has 0 heterocycles. The van der Waals surface area contributed by atoms with Gasteiger partial charge in [-0.3, -0.25) is 0 Å². The molecule has 0 amide bonds. The van der Waals surface area contributed by atoms with Crippen LogP contribution in [0.4, 0.5) is 5.69 Å². The highest BCUT2D eigenvalue weighted by atomic mass is 35.5. The number of benzene rings is 1. The van der Waals surface area contributed by atoms with Crippen LogP contribution in [-0.4, -0.2) is 39.5 Å². The summed E-state index contributed by atoms with van der Waals surface area (Å²) in [7, 11) is -2.19. The maximum Gasteiger partial charge on any atom is 0.246 e. The Morgan fingerprint density at radius 3 is 2.75 bits per heavy atom. The van der Waals surface area contributed by atoms with Crippen molar-refractivity contribution in [3.63, 3.8) is 0 Å². The van der Waals surface area contributed by atoms with Crippen LogP contribution >= 0.6 is 11.6 Å². The molecule has 2 N–H and O–H groups in total. The van der Waals surface area contributed by atoms with Crippen molar-refractivity contribution in [2.45, 2.75) is 17.7 Å². The first kappa shape index (κ1) is 15.6. The van der Waals surface area contributed by atoms with Crippen LogP contribution in [0.25, 0.3) is 0 Å². The summed E-state index contributed by atoms with van der Waals surface area (Å²) >= 11 is 5.95. The van der Waals surface area contributed by atoms with Gasteiger partial charge in [-0.1, -0.05) is 17.7 Å². The van der Waals surface area contributed by atoms with E-state index >= 15 is 0 Å². The van der Waals surface area contributed by atoms with Crippen LogP contribution in [0.5, 0.6) is 0 Å². The fourth-order valence-corrected chi connectivity index (χ4v) is 3.58. The van der Waals surface area contributed by atoms with Crippen LogP contribution in [0, 0.1) is 5.92 Å². The summed E-state index contributed by atoms with van der Waals surface area (Å²) in [6.07, 6.45) is 2.43. The molecule has 0 radical (unpaired) electrons. The predicted molar refractivity (Wildman–Crippen MR) is 79.2 cm³/mol. The summed E-state index contributed by atoms with van der Waals surface area (Å²) in [5.41, 5.74) is 5.88. The molecule has 1 saturated carbocycles. The minimum atomic E-state index is -3.69. The van der Waals surface area contributed by atoms with Crippen molar-refractivity contribution in [1.29, 1.82) is 0 Å². The smallest absolute Gasteiger partial charge is 0.246 e. The number of likely N-dealkylation sites (N-methyl/N-ethyl adjacent to an activating group) is 1. The van der Waals surface area contributed by atoms with E-state index in [-0.39, 0.29) is 22.2 Å². The third kappa shape index (κ3) is 3.63. The van der Waals surface area contributed by atoms with E-state index in [1.807, 2.05) is 0 Å². The maximum atomic E-state index is 12.4. The van der Waals surface area contributed by atoms with Gasteiger partial charge in [0.1, 0.15) is 4.90 Å². The van der Waals surface area contributed by atoms with Gasteiger partial charge in [0.25, 0.3) is 0 Å². The number of halogens is 1. The molecule has 0 saturated heterocycles. The molecule has 0 bridgehead atoms. The predicted octanol–water partition coefficient (Wildman–Crippen LogP) is 1.97. The quantitative estimate of drug-likeness (QED) is 0.616. The van der Waals surface area contributed by atoms with E-state index < -0.39 is 10.0 Å². The molecule has 7 heteroatoms. The molecule has 0 unspecified atom stereocenters. The summed E-state index contributed by atoms with van der Waals surface area (Å²) in [6.45, 7) is 1.36. The summed E-state index contributed by atoms with van der Waals surface area (Å²) in [5.74, 6) is 0.663. The second-order valence-corrected chi connectivity index (χ2v) is 7.39. The average molecular weight is 319 g/mol. The van der Waals surface area contributed by atoms with Crippen LogP contribution in [0.2, 0.25) is 5.02 Å². The second-order valence-electron chi connectivity index (χ2n) is 5.00. The Hall–Kier alpha value is -0.820. The number of nitrogens with zero attached hydrogens (tertiary/aromatic N) is 1. The zero-order valence-electron chi connectivity index (χ0n) is 11.4. The third-order valence-corrected chi connectivity index (χ3v) is 5.67. The van der Waals surface area contributed by atoms with Crippen LogP contribution < -0.4 is 5.73 Å². The van der Waals surface area contributed by atoms with Crippen molar-refractivity contribution in [3.8, 4) is 0 Å². The summed E-state index contributed by atoms with van der Waals surface area (Å²) in [6, 6.07) is 4.66. The van der Waals surface area contributed by atoms with Gasteiger partial charge < -0.3 is 10.5 Å². The molecule has 1 aliphatic carbocycles. The van der Waals surface area contributed by atoms with Gasteiger partial charge in [0.15, 0.2) is 0 Å². The minimum Gasteiger partial charge on any atom is -0.398 e. The van der Waals surface area contributed by atoms with Gasteiger partial charge in [-0.25, -0.2) is 8.42 Å². The standard InChI is InChI=1S/C13H19ClN2O3S/c1-16(7-8-19-9-10-5-6-10)20(17,18)13-11(14)3-2-4-12(13)15/h2-4,10H,5-9,15H2,1H3. The van der Waals surface area contributed by atoms with Gasteiger partial charge in [0, 0.05) is 20.2 Å². The van der Waals surface area contributed by atoms with E-state index in [9.17, 15) is 8.42 Å². The van der Waals surface area contributed by atoms with Gasteiger partial charge in [0.05, 0.1) is 17.3 Å². The monoisotopic (exact) mass is 318 g/mol. The number of hydrogen-bond donors (Lipinski definition) is 1. The number of nitrogens with two attached hydrogens (primary N) is 1. The topological polar surface area (TPSA) is 72.6 Å². The van der Waals surface area contributed by atoms with Gasteiger partial charge >= 0.3 is 0 Å². The summed E-state index contributed by atoms with van der Waals surface area (Å²) < 4.78 is 31.5. The molecule has 0 spiro atoms. The van der Waals surface area contributed by atoms with Crippen molar-refractivity contribution in [1.82, 2.24) is 4.31 Å². The molecule has 5 nitrogen and oxygen atoms in total. The number of ether oxygens (including phenoxy) is 1. The fourth-order valence-electron chi connectivity index (χ4n) is 1.80. The molecule has 0 aliphatic heterocycles. The molecule has 1 fully saturated rings. The highest BCUT2D eigenvalue weighted by Gasteiger charge is 2.26. The lowest BCUT2D eigenvalue weighted by atomic mass is 10.3. The van der Waals surface area contributed by atoms with Crippen molar-refractivity contribution in [2.75, 3.05) is 32.5 Å². The van der Waals surface area contributed by atoms with Crippen LogP contribution in [0.1, 0.15) is 12.8 Å². The van der Waals surface area contributed by atoms with E-state index in [1.54, 1.807) is 6.07 Å². The normalized spacial score (nSPS) is 15.8. The van der Waals surface area contributed by atoms with E-state index in [0.29, 0.717) is 19.1 Å². The van der Waals surface area contributed by atoms with E-state index in [0.717, 1.165) is 0 Å². The SMILES string of the molecule is CN(CCOCC1CC1)S(=O)(=O)c1c(N)cccc1Cl. The Bertz CT molecular complexity index is 553. The third-order valence-electron chi connectivity index (χ3n) is 3.27. The second kappa shape index (κ2) is 6.30. The first-order valence-electron chi connectivity index (χ1n) is 6.51. The lowest BCUT2D eigenvalue weighted by Crippen LogP contribution is -2.31. The Kier molecular flexibility index (Phi) is 4.90. The zero-order valence-corrected chi connectivity index (χ0v) is 13.0. The van der Waals surface area contributed by atoms with Crippen molar-refractivity contribution >= 4 is 27.3 Å². The molecular weight excluding hydrogens is 300 g/mol. The average Bonchev–Trinajstić information content (AvgIpc) is 3.17. The number of hydrogen-bond acceptors (Lipinski definition) is 4. The van der Waals surface area contributed by atoms with Gasteiger partial charge in [-0.15, -0.1) is 0 Å². The van der Waals surface area contributed by atoms with E-state index in [4.69, 9.17) is 22.1 Å². The molecular formula is C13H19ClN2O3S. The lowest BCUT2D eigenvalue weighted by molar-refractivity contribution is 0.117. The van der Waals surface area contributed by atoms with Gasteiger partial charge in [-0.2, -0.15) is 4.31 Å². The Balaban J connectivity index is 2.00. The van der Waals surface area contributed by atoms with E-state index in [1.165, 1.54) is 36.3 Å². The summed E-state index contributed by atoms with van der Waals surface area (Å²) in [5, 5.41) is 0.135. The lowest BCUT2D eigenvalue weighted by Gasteiger charge is -2.19. The van der Waals surface area contributed by atoms with Gasteiger partial charge in [-0.05, 0) is 30.9 Å². The molecule has 2 rings (SSSR count). The number of sulfonamides is 1. The molecule has 1 aromatic carbocycles. The molecule has 1 aliphatic rings. The molecule has 1 aromatic rings. The summed E-state index contributed by atoms with van der Waals surface area (Å²) in [4.78, 5) is -0.0358. The molecule has 0 atom stereocenters. The van der Waals surface area contributed by atoms with Crippen molar-refractivity contribution in [3.05, 3.63) is 23.2 Å². The molecule has 0 aromatic heterocycles. The largest absolute Gasteiger partial charge is 0.398 e. The van der Waals surface area contributed by atoms with Crippen molar-refractivity contribution in [2.24, 2.45) is 5.92 Å². The fraction of sp³-hybridized carbons (Fsp3) is 0.538. The first-order valence-corrected chi connectivity index (χ1v) is 8.33. The molecule has 20 heavy (non-hydrogen) atoms. The molecule has 112 valence electrons. The Morgan fingerprint density at radius 1 is 1.45 bits per heavy atom. The Labute approximate surface area is 124 Å². The number of rotatable bonds is 7. The van der Waals surface area contributed by atoms with Gasteiger partial charge in [0.2, 0.25) is 10.0 Å². The zero-order chi connectivity index (χ0) is 14.8. The maximum absolute atomic E-state index is 12.4. The van der Waals surface area contributed by atoms with Crippen LogP contribution in [0.3, 0.4) is 0 Å². The minimum absolute atomic E-state index is 0.0358. The number of nitrogen functional groups attached to an aromatic ring is 1. The van der Waals surface area contributed by atoms with Crippen molar-refractivity contribution < 1.29 is 13.2 Å². The first-order chi connectivity index (χ1) is 9.43. The number of anilines is 1. The highest BCUT2D eigenvalue weighted by Crippen LogP contribution is 2.30. The van der Waals surface area contributed by atoms with Crippen LogP contribution in [-0.2, 0) is 14.8 Å². The van der Waals surface area contributed by atoms with E-state index in [2.05, 4.69) is 0 Å². The highest BCUT2D eigenvalue weighted by molar-refractivity contribution is 7.89. The Morgan fingerprint density at radius 2 is 2.15 bits per heavy atom. The van der Waals surface area contributed by atoms with Crippen LogP contribution in [0.15, 0.2) is 23.1 Å².